The topological polar surface area (TPSA) is 29.1 Å². The maximum absolute atomic E-state index is 12.0. The van der Waals surface area contributed by atoms with Crippen molar-refractivity contribution in [2.75, 3.05) is 5.32 Å². The van der Waals surface area contributed by atoms with E-state index in [1.165, 1.54) is 11.6 Å². The van der Waals surface area contributed by atoms with Crippen LogP contribution in [0.4, 0.5) is 5.69 Å². The molecule has 0 spiro atoms. The number of benzene rings is 2. The smallest absolute Gasteiger partial charge is 0.187 e. The molecule has 108 valence electrons. The molecule has 0 fully saturated rings. The molecule has 0 aliphatic heterocycles. The molecule has 21 heavy (non-hydrogen) atoms. The number of halogens is 1. The molecule has 0 heterocycles. The second-order valence-electron chi connectivity index (χ2n) is 5.09. The minimum absolute atomic E-state index is 0.0544. The van der Waals surface area contributed by atoms with Gasteiger partial charge in [0.1, 0.15) is 0 Å². The molecule has 0 atom stereocenters. The molecule has 0 saturated heterocycles. The Labute approximate surface area is 130 Å². The fraction of sp³-hybridized carbons (Fsp3) is 0.167. The van der Waals surface area contributed by atoms with Gasteiger partial charge in [0.25, 0.3) is 0 Å². The van der Waals surface area contributed by atoms with Crippen molar-refractivity contribution in [3.63, 3.8) is 0 Å². The summed E-state index contributed by atoms with van der Waals surface area (Å²) in [6.07, 6.45) is 3.21. The van der Waals surface area contributed by atoms with E-state index in [0.29, 0.717) is 16.5 Å². The Hall–Kier alpha value is -2.06. The van der Waals surface area contributed by atoms with Crippen LogP contribution < -0.4 is 5.32 Å². The van der Waals surface area contributed by atoms with E-state index < -0.39 is 0 Å². The van der Waals surface area contributed by atoms with Gasteiger partial charge < -0.3 is 5.32 Å². The van der Waals surface area contributed by atoms with E-state index in [4.69, 9.17) is 11.6 Å². The molecule has 0 bridgehead atoms. The van der Waals surface area contributed by atoms with Gasteiger partial charge in [-0.1, -0.05) is 43.6 Å². The average Bonchev–Trinajstić information content (AvgIpc) is 2.48. The quantitative estimate of drug-likeness (QED) is 0.602. The molecule has 2 rings (SSSR count). The van der Waals surface area contributed by atoms with Crippen molar-refractivity contribution in [2.45, 2.75) is 19.8 Å². The predicted octanol–water partition coefficient (Wildman–Crippen LogP) is 5.27. The molecule has 2 aromatic carbocycles. The van der Waals surface area contributed by atoms with Gasteiger partial charge in [0, 0.05) is 28.5 Å². The summed E-state index contributed by atoms with van der Waals surface area (Å²) in [5.41, 5.74) is 2.86. The number of hydrogen-bond donors (Lipinski definition) is 1. The SMILES string of the molecule is CC(C)c1ccccc1N/C=C/C(=O)c1ccc(Cl)cc1. The zero-order chi connectivity index (χ0) is 15.2. The van der Waals surface area contributed by atoms with Crippen LogP contribution in [0.25, 0.3) is 0 Å². The molecule has 0 unspecified atom stereocenters. The van der Waals surface area contributed by atoms with Crippen molar-refractivity contribution in [2.24, 2.45) is 0 Å². The molecule has 3 heteroatoms. The number of nitrogens with one attached hydrogen (secondary N) is 1. The third-order valence-electron chi connectivity index (χ3n) is 3.19. The summed E-state index contributed by atoms with van der Waals surface area (Å²) in [4.78, 5) is 12.0. The van der Waals surface area contributed by atoms with E-state index in [2.05, 4.69) is 25.2 Å². The number of carbonyl (C=O) groups excluding carboxylic acids is 1. The van der Waals surface area contributed by atoms with Crippen LogP contribution in [-0.4, -0.2) is 5.78 Å². The van der Waals surface area contributed by atoms with E-state index in [0.717, 1.165) is 5.69 Å². The second-order valence-corrected chi connectivity index (χ2v) is 5.53. The van der Waals surface area contributed by atoms with Crippen molar-refractivity contribution >= 4 is 23.1 Å². The number of anilines is 1. The van der Waals surface area contributed by atoms with Gasteiger partial charge in [-0.25, -0.2) is 0 Å². The highest BCUT2D eigenvalue weighted by molar-refractivity contribution is 6.30. The molecule has 0 amide bonds. The summed E-state index contributed by atoms with van der Waals surface area (Å²) in [6, 6.07) is 14.9. The lowest BCUT2D eigenvalue weighted by atomic mass is 10.0. The van der Waals surface area contributed by atoms with Crippen LogP contribution in [0.5, 0.6) is 0 Å². The summed E-state index contributed by atoms with van der Waals surface area (Å²) in [6.45, 7) is 4.28. The van der Waals surface area contributed by atoms with Gasteiger partial charge in [-0.2, -0.15) is 0 Å². The number of hydrogen-bond acceptors (Lipinski definition) is 2. The van der Waals surface area contributed by atoms with Crippen molar-refractivity contribution in [3.8, 4) is 0 Å². The summed E-state index contributed by atoms with van der Waals surface area (Å²) in [5, 5.41) is 3.80. The van der Waals surface area contributed by atoms with Crippen LogP contribution in [0.15, 0.2) is 60.8 Å². The van der Waals surface area contributed by atoms with Gasteiger partial charge in [-0.3, -0.25) is 4.79 Å². The first kappa shape index (κ1) is 15.3. The summed E-state index contributed by atoms with van der Waals surface area (Å²) < 4.78 is 0. The molecule has 2 aromatic rings. The number of para-hydroxylation sites is 1. The van der Waals surface area contributed by atoms with Gasteiger partial charge in [-0.05, 0) is 41.8 Å². The largest absolute Gasteiger partial charge is 0.361 e. The van der Waals surface area contributed by atoms with Gasteiger partial charge >= 0.3 is 0 Å². The standard InChI is InChI=1S/C18H18ClNO/c1-13(2)16-5-3-4-6-17(16)20-12-11-18(21)14-7-9-15(19)10-8-14/h3-13,20H,1-2H3/b12-11+. The molecular formula is C18H18ClNO. The zero-order valence-electron chi connectivity index (χ0n) is 12.1. The lowest BCUT2D eigenvalue weighted by Crippen LogP contribution is -1.99. The molecule has 0 radical (unpaired) electrons. The number of ketones is 1. The average molecular weight is 300 g/mol. The van der Waals surface area contributed by atoms with Crippen molar-refractivity contribution < 1.29 is 4.79 Å². The van der Waals surface area contributed by atoms with Crippen molar-refractivity contribution in [1.29, 1.82) is 0 Å². The van der Waals surface area contributed by atoms with E-state index in [1.54, 1.807) is 30.5 Å². The first-order chi connectivity index (χ1) is 10.1. The van der Waals surface area contributed by atoms with Gasteiger partial charge in [-0.15, -0.1) is 0 Å². The molecule has 1 N–H and O–H groups in total. The lowest BCUT2D eigenvalue weighted by molar-refractivity contribution is 0.104. The van der Waals surface area contributed by atoms with Crippen LogP contribution in [0, 0.1) is 0 Å². The maximum Gasteiger partial charge on any atom is 0.187 e. The Morgan fingerprint density at radius 3 is 2.43 bits per heavy atom. The summed E-state index contributed by atoms with van der Waals surface area (Å²) in [7, 11) is 0. The Balaban J connectivity index is 2.06. The van der Waals surface area contributed by atoms with Gasteiger partial charge in [0.2, 0.25) is 0 Å². The van der Waals surface area contributed by atoms with Crippen LogP contribution in [0.1, 0.15) is 35.7 Å². The molecule has 0 saturated carbocycles. The van der Waals surface area contributed by atoms with Gasteiger partial charge in [0.15, 0.2) is 5.78 Å². The first-order valence-electron chi connectivity index (χ1n) is 6.90. The van der Waals surface area contributed by atoms with Gasteiger partial charge in [0.05, 0.1) is 0 Å². The number of carbonyl (C=O) groups is 1. The van der Waals surface area contributed by atoms with Crippen LogP contribution >= 0.6 is 11.6 Å². The van der Waals surface area contributed by atoms with Crippen LogP contribution in [-0.2, 0) is 0 Å². The Morgan fingerprint density at radius 1 is 1.10 bits per heavy atom. The molecular weight excluding hydrogens is 282 g/mol. The Kier molecular flexibility index (Phi) is 5.18. The fourth-order valence-corrected chi connectivity index (χ4v) is 2.18. The Bertz CT molecular complexity index is 645. The normalized spacial score (nSPS) is 11.0. The highest BCUT2D eigenvalue weighted by atomic mass is 35.5. The zero-order valence-corrected chi connectivity index (χ0v) is 12.9. The predicted molar refractivity (Wildman–Crippen MR) is 89.1 cm³/mol. The molecule has 2 nitrogen and oxygen atoms in total. The van der Waals surface area contributed by atoms with Crippen LogP contribution in [0.2, 0.25) is 5.02 Å². The number of rotatable bonds is 5. The van der Waals surface area contributed by atoms with E-state index in [-0.39, 0.29) is 5.78 Å². The minimum atomic E-state index is -0.0544. The van der Waals surface area contributed by atoms with Crippen LogP contribution in [0.3, 0.4) is 0 Å². The third-order valence-corrected chi connectivity index (χ3v) is 3.44. The van der Waals surface area contributed by atoms with Crippen molar-refractivity contribution in [3.05, 3.63) is 77.0 Å². The highest BCUT2D eigenvalue weighted by Crippen LogP contribution is 2.23. The second kappa shape index (κ2) is 7.09. The lowest BCUT2D eigenvalue weighted by Gasteiger charge is -2.11. The molecule has 0 aromatic heterocycles. The molecule has 0 aliphatic rings. The summed E-state index contributed by atoms with van der Waals surface area (Å²) >= 11 is 5.81. The maximum atomic E-state index is 12.0. The van der Waals surface area contributed by atoms with E-state index >= 15 is 0 Å². The number of allylic oxidation sites excluding steroid dienone is 1. The van der Waals surface area contributed by atoms with E-state index in [9.17, 15) is 4.79 Å². The molecule has 0 aliphatic carbocycles. The highest BCUT2D eigenvalue weighted by Gasteiger charge is 2.04. The van der Waals surface area contributed by atoms with Crippen molar-refractivity contribution in [1.82, 2.24) is 0 Å². The van der Waals surface area contributed by atoms with E-state index in [1.807, 2.05) is 18.2 Å². The first-order valence-corrected chi connectivity index (χ1v) is 7.27. The Morgan fingerprint density at radius 2 is 1.76 bits per heavy atom. The minimum Gasteiger partial charge on any atom is -0.361 e. The third kappa shape index (κ3) is 4.20. The monoisotopic (exact) mass is 299 g/mol. The fourth-order valence-electron chi connectivity index (χ4n) is 2.05. The summed E-state index contributed by atoms with van der Waals surface area (Å²) in [5.74, 6) is 0.371.